The van der Waals surface area contributed by atoms with E-state index < -0.39 is 29.9 Å². The van der Waals surface area contributed by atoms with Crippen LogP contribution in [0.5, 0.6) is 5.75 Å². The Labute approximate surface area is 250 Å². The lowest BCUT2D eigenvalue weighted by atomic mass is 9.58. The van der Waals surface area contributed by atoms with Crippen LogP contribution in [0.4, 0.5) is 5.69 Å². The van der Waals surface area contributed by atoms with Gasteiger partial charge in [-0.15, -0.1) is 0 Å². The van der Waals surface area contributed by atoms with Gasteiger partial charge in [-0.25, -0.2) is 19.6 Å². The van der Waals surface area contributed by atoms with Gasteiger partial charge in [0.25, 0.3) is 0 Å². The van der Waals surface area contributed by atoms with E-state index in [9.17, 15) is 14.7 Å². The zero-order valence-electron chi connectivity index (χ0n) is 25.1. The van der Waals surface area contributed by atoms with E-state index in [2.05, 4.69) is 24.1 Å². The van der Waals surface area contributed by atoms with E-state index in [1.165, 1.54) is 12.1 Å². The van der Waals surface area contributed by atoms with E-state index in [0.717, 1.165) is 31.4 Å². The van der Waals surface area contributed by atoms with Crippen molar-refractivity contribution in [2.45, 2.75) is 90.3 Å². The van der Waals surface area contributed by atoms with Gasteiger partial charge < -0.3 is 33.9 Å². The molecule has 4 aliphatic heterocycles. The van der Waals surface area contributed by atoms with Crippen LogP contribution in [0.2, 0.25) is 0 Å². The minimum atomic E-state index is -1.12. The summed E-state index contributed by atoms with van der Waals surface area (Å²) in [5, 5.41) is 12.4. The fourth-order valence-corrected chi connectivity index (χ4v) is 7.32. The summed E-state index contributed by atoms with van der Waals surface area (Å²) in [7, 11) is 0. The number of imidazole rings is 1. The molecule has 4 saturated heterocycles. The van der Waals surface area contributed by atoms with Gasteiger partial charge in [0, 0.05) is 42.6 Å². The molecule has 1 aromatic carbocycles. The summed E-state index contributed by atoms with van der Waals surface area (Å²) in [6, 6.07) is 4.48. The Morgan fingerprint density at radius 3 is 2.77 bits per heavy atom. The number of carboxylic acid groups (broad SMARTS) is 1. The number of aryl methyl sites for hydroxylation is 1. The number of nitrogens with one attached hydrogen (secondary N) is 1. The smallest absolute Gasteiger partial charge is 0.339 e. The van der Waals surface area contributed by atoms with Crippen LogP contribution in [0.1, 0.15) is 68.9 Å². The number of rotatable bonds is 10. The maximum atomic E-state index is 12.5. The third-order valence-electron chi connectivity index (χ3n) is 9.51. The molecule has 1 saturated carbocycles. The number of nitrogens with zero attached hydrogens (tertiary/aromatic N) is 2. The minimum absolute atomic E-state index is 0.0102. The summed E-state index contributed by atoms with van der Waals surface area (Å²) in [5.41, 5.74) is 0.624. The highest BCUT2D eigenvalue weighted by Gasteiger charge is 2.69. The molecule has 1 amide bonds. The first-order valence-electron chi connectivity index (χ1n) is 15.2. The Morgan fingerprint density at radius 2 is 2.00 bits per heavy atom. The predicted octanol–water partition coefficient (Wildman–Crippen LogP) is 4.52. The first kappa shape index (κ1) is 30.0. The number of fused-ring (bicyclic) bond motifs is 2. The Bertz CT molecular complexity index is 1350. The SMILES string of the molecule is Cc1cn(CC(=O)Nc2ccc(C(=O)O)c(OCCCO[C@H]3O[C@@H]4O[C@@]5(C)CCC6[C@H](C)CC[C@@H]([C@H]3C)[C@]64OO5)c2)cn1. The highest BCUT2D eigenvalue weighted by molar-refractivity contribution is 5.94. The van der Waals surface area contributed by atoms with Crippen LogP contribution < -0.4 is 10.1 Å². The lowest BCUT2D eigenvalue weighted by molar-refractivity contribution is -0.577. The molecule has 5 aliphatic rings. The molecule has 1 spiro atoms. The number of aromatic carboxylic acids is 1. The maximum absolute atomic E-state index is 12.5. The first-order valence-corrected chi connectivity index (χ1v) is 15.2. The van der Waals surface area contributed by atoms with Crippen molar-refractivity contribution >= 4 is 17.6 Å². The van der Waals surface area contributed by atoms with Gasteiger partial charge in [-0.3, -0.25) is 4.79 Å². The van der Waals surface area contributed by atoms with Crippen LogP contribution in [0.25, 0.3) is 0 Å². The molecule has 7 rings (SSSR count). The number of carbonyl (C=O) groups is 2. The Morgan fingerprint density at radius 1 is 1.16 bits per heavy atom. The van der Waals surface area contributed by atoms with E-state index in [1.54, 1.807) is 23.2 Å². The van der Waals surface area contributed by atoms with E-state index in [4.69, 9.17) is 28.7 Å². The lowest BCUT2D eigenvalue weighted by Crippen LogP contribution is -2.70. The molecule has 0 radical (unpaired) electrons. The molecular weight excluding hydrogens is 558 g/mol. The van der Waals surface area contributed by atoms with Crippen molar-refractivity contribution in [3.63, 3.8) is 0 Å². The standard InChI is InChI=1S/C31H41N3O9/c1-18-6-9-24-20(3)28(40-29-31(24)23(18)10-11-30(4,41-29)42-43-31)39-13-5-12-38-25-14-21(7-8-22(25)27(36)37)33-26(35)16-34-15-19(2)32-17-34/h7-8,14-15,17-18,20,23-24,28-29H,5-6,9-13,16H2,1-4H3,(H,33,35)(H,36,37)/t18-,20-,23?,24+,28+,29-,30-,31-/m1/s1. The van der Waals surface area contributed by atoms with Gasteiger partial charge in [-0.2, -0.15) is 0 Å². The number of hydrogen-bond acceptors (Lipinski definition) is 9. The number of ether oxygens (including phenoxy) is 4. The second-order valence-electron chi connectivity index (χ2n) is 12.6. The van der Waals surface area contributed by atoms with Crippen molar-refractivity contribution in [2.75, 3.05) is 18.5 Å². The highest BCUT2D eigenvalue weighted by Crippen LogP contribution is 2.60. The molecule has 234 valence electrons. The number of benzene rings is 1. The highest BCUT2D eigenvalue weighted by atomic mass is 17.3. The van der Waals surface area contributed by atoms with Crippen LogP contribution in [0.15, 0.2) is 30.7 Å². The predicted molar refractivity (Wildman–Crippen MR) is 152 cm³/mol. The molecule has 2 aromatic rings. The fraction of sp³-hybridized carbons (Fsp3) is 0.645. The number of hydrogen-bond donors (Lipinski definition) is 2. The third kappa shape index (κ3) is 5.78. The molecule has 2 bridgehead atoms. The molecule has 1 aliphatic carbocycles. The molecule has 5 heterocycles. The molecule has 5 fully saturated rings. The van der Waals surface area contributed by atoms with Crippen molar-refractivity contribution < 1.29 is 43.4 Å². The van der Waals surface area contributed by atoms with Gasteiger partial charge >= 0.3 is 5.97 Å². The first-order chi connectivity index (χ1) is 20.6. The largest absolute Gasteiger partial charge is 0.493 e. The van der Waals surface area contributed by atoms with Crippen molar-refractivity contribution in [1.82, 2.24) is 9.55 Å². The molecule has 12 nitrogen and oxygen atoms in total. The Hall–Kier alpha value is -3.03. The lowest BCUT2D eigenvalue weighted by Gasteiger charge is -2.60. The van der Waals surface area contributed by atoms with Crippen molar-refractivity contribution in [1.29, 1.82) is 0 Å². The van der Waals surface area contributed by atoms with E-state index in [0.29, 0.717) is 24.6 Å². The number of carboxylic acids is 1. The fourth-order valence-electron chi connectivity index (χ4n) is 7.32. The number of carbonyl (C=O) groups excluding carboxylic acids is 1. The van der Waals surface area contributed by atoms with E-state index >= 15 is 0 Å². The zero-order chi connectivity index (χ0) is 30.4. The summed E-state index contributed by atoms with van der Waals surface area (Å²) < 4.78 is 26.6. The maximum Gasteiger partial charge on any atom is 0.339 e. The summed E-state index contributed by atoms with van der Waals surface area (Å²) in [4.78, 5) is 40.5. The molecule has 43 heavy (non-hydrogen) atoms. The number of aromatic nitrogens is 2. The van der Waals surface area contributed by atoms with Crippen LogP contribution in [-0.4, -0.2) is 63.7 Å². The molecular formula is C31H41N3O9. The molecule has 1 aromatic heterocycles. The quantitative estimate of drug-likeness (QED) is 0.296. The van der Waals surface area contributed by atoms with Crippen molar-refractivity contribution in [3.8, 4) is 5.75 Å². The summed E-state index contributed by atoms with van der Waals surface area (Å²) in [5.74, 6) is -1.05. The number of anilines is 1. The van der Waals surface area contributed by atoms with Gasteiger partial charge in [-0.1, -0.05) is 13.8 Å². The second kappa shape index (κ2) is 11.8. The van der Waals surface area contributed by atoms with Gasteiger partial charge in [0.2, 0.25) is 11.7 Å². The molecule has 12 heteroatoms. The Balaban J connectivity index is 1.05. The van der Waals surface area contributed by atoms with E-state index in [1.807, 2.05) is 13.8 Å². The zero-order valence-corrected chi connectivity index (χ0v) is 25.1. The monoisotopic (exact) mass is 599 g/mol. The minimum Gasteiger partial charge on any atom is -0.493 e. The third-order valence-corrected chi connectivity index (χ3v) is 9.51. The Kier molecular flexibility index (Phi) is 8.24. The van der Waals surface area contributed by atoms with Crippen LogP contribution >= 0.6 is 0 Å². The van der Waals surface area contributed by atoms with Gasteiger partial charge in [0.05, 0.1) is 25.2 Å². The molecule has 2 N–H and O–H groups in total. The molecule has 8 atom stereocenters. The van der Waals surface area contributed by atoms with Crippen molar-refractivity contribution in [2.24, 2.45) is 23.7 Å². The van der Waals surface area contributed by atoms with Crippen LogP contribution in [0, 0.1) is 30.6 Å². The van der Waals surface area contributed by atoms with Gasteiger partial charge in [0.15, 0.2) is 18.2 Å². The summed E-state index contributed by atoms with van der Waals surface area (Å²) in [6.45, 7) is 8.82. The summed E-state index contributed by atoms with van der Waals surface area (Å²) in [6.07, 6.45) is 6.62. The number of amides is 1. The van der Waals surface area contributed by atoms with Crippen LogP contribution in [0.3, 0.4) is 0 Å². The second-order valence-corrected chi connectivity index (χ2v) is 12.6. The average Bonchev–Trinajstić information content (AvgIpc) is 3.23. The normalized spacial score (nSPS) is 34.7. The van der Waals surface area contributed by atoms with E-state index in [-0.39, 0.29) is 48.1 Å². The van der Waals surface area contributed by atoms with Gasteiger partial charge in [0.1, 0.15) is 17.9 Å². The molecule has 1 unspecified atom stereocenters. The van der Waals surface area contributed by atoms with Crippen LogP contribution in [-0.2, 0) is 35.3 Å². The average molecular weight is 600 g/mol. The topological polar surface area (TPSA) is 140 Å². The van der Waals surface area contributed by atoms with Crippen molar-refractivity contribution in [3.05, 3.63) is 42.0 Å². The summed E-state index contributed by atoms with van der Waals surface area (Å²) >= 11 is 0. The van der Waals surface area contributed by atoms with Gasteiger partial charge in [-0.05, 0) is 57.1 Å².